The Kier molecular flexibility index (Phi) is 5.14. The molecule has 2 heterocycles. The first-order valence-electron chi connectivity index (χ1n) is 9.74. The molecule has 0 aromatic heterocycles. The molecule has 0 saturated carbocycles. The van der Waals surface area contributed by atoms with Crippen molar-refractivity contribution in [2.75, 3.05) is 29.9 Å². The van der Waals surface area contributed by atoms with E-state index in [0.29, 0.717) is 32.5 Å². The molecule has 2 aliphatic heterocycles. The van der Waals surface area contributed by atoms with Crippen LogP contribution in [0.3, 0.4) is 0 Å². The van der Waals surface area contributed by atoms with Crippen LogP contribution in [0.5, 0.6) is 0 Å². The van der Waals surface area contributed by atoms with Crippen LogP contribution in [-0.2, 0) is 17.8 Å². The summed E-state index contributed by atoms with van der Waals surface area (Å²) < 4.78 is 0. The molecule has 7 heteroatoms. The first-order valence-corrected chi connectivity index (χ1v) is 9.74. The predicted molar refractivity (Wildman–Crippen MR) is 109 cm³/mol. The molecule has 2 aliphatic rings. The lowest BCUT2D eigenvalue weighted by atomic mass is 9.94. The fourth-order valence-corrected chi connectivity index (χ4v) is 4.16. The van der Waals surface area contributed by atoms with E-state index in [1.54, 1.807) is 12.1 Å². The van der Waals surface area contributed by atoms with Gasteiger partial charge in [0.25, 0.3) is 5.69 Å². The van der Waals surface area contributed by atoms with Crippen LogP contribution in [0.4, 0.5) is 17.1 Å². The minimum atomic E-state index is -0.299. The van der Waals surface area contributed by atoms with Gasteiger partial charge in [-0.1, -0.05) is 30.3 Å². The zero-order valence-electron chi connectivity index (χ0n) is 15.7. The van der Waals surface area contributed by atoms with Gasteiger partial charge in [0.05, 0.1) is 4.92 Å². The summed E-state index contributed by atoms with van der Waals surface area (Å²) in [5.41, 5.74) is 3.99. The molecule has 0 unspecified atom stereocenters. The van der Waals surface area contributed by atoms with Gasteiger partial charge in [-0.05, 0) is 30.9 Å². The molecule has 28 heavy (non-hydrogen) atoms. The second-order valence-corrected chi connectivity index (χ2v) is 7.36. The monoisotopic (exact) mass is 380 g/mol. The molecule has 0 atom stereocenters. The third-order valence-electron chi connectivity index (χ3n) is 5.64. The highest BCUT2D eigenvalue weighted by molar-refractivity contribution is 5.80. The number of nitrogens with zero attached hydrogens (tertiary/aromatic N) is 2. The van der Waals surface area contributed by atoms with Gasteiger partial charge in [0.15, 0.2) is 0 Å². The molecule has 146 valence electrons. The number of carbonyl (C=O) groups excluding carboxylic acids is 1. The Bertz CT molecular complexity index is 877. The summed E-state index contributed by atoms with van der Waals surface area (Å²) in [5, 5.41) is 17.9. The van der Waals surface area contributed by atoms with Crippen molar-refractivity contribution in [1.29, 1.82) is 0 Å². The Morgan fingerprint density at radius 1 is 1.18 bits per heavy atom. The van der Waals surface area contributed by atoms with Crippen molar-refractivity contribution >= 4 is 23.0 Å². The molecule has 2 aromatic carbocycles. The van der Waals surface area contributed by atoms with Crippen molar-refractivity contribution in [3.8, 4) is 0 Å². The predicted octanol–water partition coefficient (Wildman–Crippen LogP) is 3.10. The number of nitro benzene ring substituents is 1. The Hall–Kier alpha value is -3.09. The molecule has 0 radical (unpaired) electrons. The highest BCUT2D eigenvalue weighted by Crippen LogP contribution is 2.40. The van der Waals surface area contributed by atoms with Crippen molar-refractivity contribution in [2.24, 2.45) is 5.92 Å². The van der Waals surface area contributed by atoms with Gasteiger partial charge in [-0.2, -0.15) is 0 Å². The third kappa shape index (κ3) is 3.65. The SMILES string of the molecule is O=C(NCc1ccccc1)C1CCN(c2c([N+](=O)[O-])ccc3c2CCN3)CC1. The highest BCUT2D eigenvalue weighted by Gasteiger charge is 2.32. The van der Waals surface area contributed by atoms with E-state index in [1.165, 1.54) is 0 Å². The third-order valence-corrected chi connectivity index (χ3v) is 5.64. The van der Waals surface area contributed by atoms with Crippen LogP contribution in [0.2, 0.25) is 0 Å². The summed E-state index contributed by atoms with van der Waals surface area (Å²) >= 11 is 0. The fraction of sp³-hybridized carbons (Fsp3) is 0.381. The molecule has 4 rings (SSSR count). The average Bonchev–Trinajstić information content (AvgIpc) is 3.21. The number of benzene rings is 2. The zero-order valence-corrected chi connectivity index (χ0v) is 15.7. The maximum absolute atomic E-state index is 12.5. The lowest BCUT2D eigenvalue weighted by Crippen LogP contribution is -2.40. The average molecular weight is 380 g/mol. The smallest absolute Gasteiger partial charge is 0.292 e. The van der Waals surface area contributed by atoms with E-state index >= 15 is 0 Å². The number of nitro groups is 1. The molecule has 7 nitrogen and oxygen atoms in total. The molecule has 1 amide bonds. The van der Waals surface area contributed by atoms with Crippen molar-refractivity contribution in [1.82, 2.24) is 5.32 Å². The molecule has 2 N–H and O–H groups in total. The summed E-state index contributed by atoms with van der Waals surface area (Å²) in [5.74, 6) is 0.0202. The number of anilines is 2. The van der Waals surface area contributed by atoms with Crippen LogP contribution in [0.25, 0.3) is 0 Å². The second kappa shape index (κ2) is 7.88. The van der Waals surface area contributed by atoms with Crippen LogP contribution < -0.4 is 15.5 Å². The van der Waals surface area contributed by atoms with Crippen molar-refractivity contribution in [3.05, 3.63) is 63.7 Å². The summed E-state index contributed by atoms with van der Waals surface area (Å²) in [6.45, 7) is 2.65. The standard InChI is InChI=1S/C21H24N4O3/c26-21(23-14-15-4-2-1-3-5-15)16-9-12-24(13-10-16)20-17-8-11-22-18(17)6-7-19(20)25(27)28/h1-7,16,22H,8-14H2,(H,23,26). The minimum Gasteiger partial charge on any atom is -0.384 e. The Morgan fingerprint density at radius 3 is 2.64 bits per heavy atom. The normalized spacial score (nSPS) is 16.4. The van der Waals surface area contributed by atoms with Gasteiger partial charge >= 0.3 is 0 Å². The van der Waals surface area contributed by atoms with Crippen molar-refractivity contribution in [3.63, 3.8) is 0 Å². The first-order chi connectivity index (χ1) is 13.6. The maximum Gasteiger partial charge on any atom is 0.292 e. The number of hydrogen-bond donors (Lipinski definition) is 2. The summed E-state index contributed by atoms with van der Waals surface area (Å²) in [4.78, 5) is 25.9. The second-order valence-electron chi connectivity index (χ2n) is 7.36. The van der Waals surface area contributed by atoms with E-state index in [9.17, 15) is 14.9 Å². The Morgan fingerprint density at radius 2 is 1.93 bits per heavy atom. The summed E-state index contributed by atoms with van der Waals surface area (Å²) in [6, 6.07) is 13.2. The number of piperidine rings is 1. The number of rotatable bonds is 5. The van der Waals surface area contributed by atoms with Gasteiger partial charge in [-0.3, -0.25) is 14.9 Å². The van der Waals surface area contributed by atoms with E-state index in [-0.39, 0.29) is 22.4 Å². The van der Waals surface area contributed by atoms with Crippen molar-refractivity contribution in [2.45, 2.75) is 25.8 Å². The number of carbonyl (C=O) groups is 1. The summed E-state index contributed by atoms with van der Waals surface area (Å²) in [6.07, 6.45) is 2.20. The van der Waals surface area contributed by atoms with E-state index < -0.39 is 0 Å². The van der Waals surface area contributed by atoms with E-state index in [2.05, 4.69) is 15.5 Å². The van der Waals surface area contributed by atoms with E-state index in [0.717, 1.165) is 35.5 Å². The Balaban J connectivity index is 1.41. The number of hydrogen-bond acceptors (Lipinski definition) is 5. The molecule has 0 spiro atoms. The largest absolute Gasteiger partial charge is 0.384 e. The highest BCUT2D eigenvalue weighted by atomic mass is 16.6. The van der Waals surface area contributed by atoms with Crippen LogP contribution in [0.15, 0.2) is 42.5 Å². The van der Waals surface area contributed by atoms with Crippen LogP contribution in [0.1, 0.15) is 24.0 Å². The molecule has 0 aliphatic carbocycles. The Labute approximate surface area is 163 Å². The zero-order chi connectivity index (χ0) is 19.5. The summed E-state index contributed by atoms with van der Waals surface area (Å²) in [7, 11) is 0. The van der Waals surface area contributed by atoms with Crippen LogP contribution in [0, 0.1) is 16.0 Å². The lowest BCUT2D eigenvalue weighted by molar-refractivity contribution is -0.384. The molecular formula is C21H24N4O3. The van der Waals surface area contributed by atoms with Crippen LogP contribution >= 0.6 is 0 Å². The first kappa shape index (κ1) is 18.3. The van der Waals surface area contributed by atoms with Gasteiger partial charge in [0.2, 0.25) is 5.91 Å². The van der Waals surface area contributed by atoms with Gasteiger partial charge in [0, 0.05) is 49.4 Å². The van der Waals surface area contributed by atoms with Gasteiger partial charge in [0.1, 0.15) is 5.69 Å². The number of amides is 1. The molecule has 2 aromatic rings. The molecule has 1 fully saturated rings. The molecular weight excluding hydrogens is 356 g/mol. The van der Waals surface area contributed by atoms with Gasteiger partial charge < -0.3 is 15.5 Å². The van der Waals surface area contributed by atoms with Gasteiger partial charge in [-0.15, -0.1) is 0 Å². The number of nitrogens with one attached hydrogen (secondary N) is 2. The van der Waals surface area contributed by atoms with Crippen LogP contribution in [-0.4, -0.2) is 30.5 Å². The topological polar surface area (TPSA) is 87.5 Å². The fourth-order valence-electron chi connectivity index (χ4n) is 4.16. The van der Waals surface area contributed by atoms with E-state index in [1.807, 2.05) is 30.3 Å². The minimum absolute atomic E-state index is 0.0473. The van der Waals surface area contributed by atoms with Gasteiger partial charge in [-0.25, -0.2) is 0 Å². The number of fused-ring (bicyclic) bond motifs is 1. The van der Waals surface area contributed by atoms with E-state index in [4.69, 9.17) is 0 Å². The quantitative estimate of drug-likeness (QED) is 0.615. The maximum atomic E-state index is 12.5. The lowest BCUT2D eigenvalue weighted by Gasteiger charge is -2.33. The molecule has 1 saturated heterocycles. The molecule has 0 bridgehead atoms. The van der Waals surface area contributed by atoms with Crippen molar-refractivity contribution < 1.29 is 9.72 Å².